The van der Waals surface area contributed by atoms with Crippen LogP contribution in [0.5, 0.6) is 0 Å². The Morgan fingerprint density at radius 1 is 0.960 bits per heavy atom. The molecule has 0 amide bonds. The SMILES string of the molecule is C=Cc1cc2oc3ccccc3c2cc1-c1cc(C(C)(C)C)ccn1. The molecule has 0 unspecified atom stereocenters. The fourth-order valence-corrected chi connectivity index (χ4v) is 3.22. The van der Waals surface area contributed by atoms with E-state index in [4.69, 9.17) is 4.42 Å². The van der Waals surface area contributed by atoms with Gasteiger partial charge in [0.05, 0.1) is 5.69 Å². The zero-order valence-corrected chi connectivity index (χ0v) is 14.8. The Labute approximate surface area is 147 Å². The lowest BCUT2D eigenvalue weighted by molar-refractivity contribution is 0.589. The molecule has 4 rings (SSSR count). The first kappa shape index (κ1) is 15.6. The Morgan fingerprint density at radius 3 is 2.52 bits per heavy atom. The number of pyridine rings is 1. The van der Waals surface area contributed by atoms with Crippen molar-refractivity contribution in [3.63, 3.8) is 0 Å². The summed E-state index contributed by atoms with van der Waals surface area (Å²) < 4.78 is 6.00. The van der Waals surface area contributed by atoms with Gasteiger partial charge in [0.25, 0.3) is 0 Å². The fourth-order valence-electron chi connectivity index (χ4n) is 3.22. The molecule has 25 heavy (non-hydrogen) atoms. The Balaban J connectivity index is 2.00. The zero-order chi connectivity index (χ0) is 17.6. The predicted molar refractivity (Wildman–Crippen MR) is 106 cm³/mol. The molecule has 2 heteroatoms. The molecular weight excluding hydrogens is 306 g/mol. The summed E-state index contributed by atoms with van der Waals surface area (Å²) in [6, 6.07) is 16.6. The second-order valence-electron chi connectivity index (χ2n) is 7.42. The fraction of sp³-hybridized carbons (Fsp3) is 0.174. The third-order valence-electron chi connectivity index (χ3n) is 4.67. The van der Waals surface area contributed by atoms with Gasteiger partial charge in [-0.15, -0.1) is 0 Å². The van der Waals surface area contributed by atoms with Gasteiger partial charge in [-0.3, -0.25) is 4.98 Å². The maximum absolute atomic E-state index is 6.00. The van der Waals surface area contributed by atoms with Gasteiger partial charge in [-0.1, -0.05) is 51.6 Å². The highest BCUT2D eigenvalue weighted by molar-refractivity contribution is 6.07. The van der Waals surface area contributed by atoms with Gasteiger partial charge in [0.2, 0.25) is 0 Å². The Kier molecular flexibility index (Phi) is 3.50. The van der Waals surface area contributed by atoms with Crippen molar-refractivity contribution in [1.82, 2.24) is 4.98 Å². The molecule has 0 atom stereocenters. The third kappa shape index (κ3) is 2.64. The number of hydrogen-bond acceptors (Lipinski definition) is 2. The van der Waals surface area contributed by atoms with E-state index in [0.717, 1.165) is 38.8 Å². The summed E-state index contributed by atoms with van der Waals surface area (Å²) in [6.45, 7) is 10.6. The average molecular weight is 327 g/mol. The smallest absolute Gasteiger partial charge is 0.136 e. The molecule has 0 fully saturated rings. The summed E-state index contributed by atoms with van der Waals surface area (Å²) in [5.41, 5.74) is 6.22. The molecule has 0 saturated heterocycles. The van der Waals surface area contributed by atoms with Crippen molar-refractivity contribution >= 4 is 28.0 Å². The maximum Gasteiger partial charge on any atom is 0.136 e. The van der Waals surface area contributed by atoms with Gasteiger partial charge in [-0.25, -0.2) is 0 Å². The van der Waals surface area contributed by atoms with Crippen LogP contribution in [0.25, 0.3) is 39.3 Å². The lowest BCUT2D eigenvalue weighted by Gasteiger charge is -2.19. The van der Waals surface area contributed by atoms with Gasteiger partial charge < -0.3 is 4.42 Å². The van der Waals surface area contributed by atoms with Crippen molar-refractivity contribution in [3.05, 3.63) is 72.4 Å². The molecule has 0 saturated carbocycles. The number of aromatic nitrogens is 1. The molecule has 2 nitrogen and oxygen atoms in total. The van der Waals surface area contributed by atoms with Crippen molar-refractivity contribution in [2.24, 2.45) is 0 Å². The van der Waals surface area contributed by atoms with Crippen molar-refractivity contribution in [3.8, 4) is 11.3 Å². The Morgan fingerprint density at radius 2 is 1.76 bits per heavy atom. The summed E-state index contributed by atoms with van der Waals surface area (Å²) in [7, 11) is 0. The Bertz CT molecular complexity index is 1100. The number of nitrogens with zero attached hydrogens (tertiary/aromatic N) is 1. The lowest BCUT2D eigenvalue weighted by atomic mass is 9.86. The number of fused-ring (bicyclic) bond motifs is 3. The summed E-state index contributed by atoms with van der Waals surface area (Å²) >= 11 is 0. The van der Waals surface area contributed by atoms with E-state index in [2.05, 4.69) is 62.7 Å². The van der Waals surface area contributed by atoms with Crippen molar-refractivity contribution in [2.45, 2.75) is 26.2 Å². The van der Waals surface area contributed by atoms with Gasteiger partial charge in [-0.05, 0) is 46.9 Å². The topological polar surface area (TPSA) is 26.0 Å². The normalized spacial score (nSPS) is 12.0. The van der Waals surface area contributed by atoms with Crippen LogP contribution in [-0.4, -0.2) is 4.98 Å². The lowest BCUT2D eigenvalue weighted by Crippen LogP contribution is -2.11. The van der Waals surface area contributed by atoms with E-state index >= 15 is 0 Å². The molecule has 0 aliphatic carbocycles. The molecular formula is C23H21NO. The standard InChI is InChI=1S/C23H21NO/c1-5-15-12-22-19(17-8-6-7-9-21(17)25-22)14-18(15)20-13-16(10-11-24-20)23(2,3)4/h5-14H,1H2,2-4H3. The minimum absolute atomic E-state index is 0.0818. The Hall–Kier alpha value is -2.87. The summed E-state index contributed by atoms with van der Waals surface area (Å²) in [6.07, 6.45) is 3.76. The van der Waals surface area contributed by atoms with Crippen molar-refractivity contribution in [2.75, 3.05) is 0 Å². The van der Waals surface area contributed by atoms with Gasteiger partial charge in [0.1, 0.15) is 11.2 Å². The number of furan rings is 1. The van der Waals surface area contributed by atoms with Crippen LogP contribution in [0.1, 0.15) is 31.9 Å². The highest BCUT2D eigenvalue weighted by Gasteiger charge is 2.17. The first-order chi connectivity index (χ1) is 12.0. The first-order valence-corrected chi connectivity index (χ1v) is 8.52. The van der Waals surface area contributed by atoms with E-state index in [9.17, 15) is 0 Å². The van der Waals surface area contributed by atoms with Gasteiger partial charge in [-0.2, -0.15) is 0 Å². The molecule has 2 aromatic carbocycles. The van der Waals surface area contributed by atoms with E-state index in [0.29, 0.717) is 0 Å². The first-order valence-electron chi connectivity index (χ1n) is 8.52. The van der Waals surface area contributed by atoms with Crippen LogP contribution in [0.4, 0.5) is 0 Å². The minimum atomic E-state index is 0.0818. The number of rotatable bonds is 2. The number of benzene rings is 2. The van der Waals surface area contributed by atoms with E-state index in [1.54, 1.807) is 0 Å². The maximum atomic E-state index is 6.00. The molecule has 0 spiro atoms. The van der Waals surface area contributed by atoms with E-state index < -0.39 is 0 Å². The molecule has 0 bridgehead atoms. The molecule has 124 valence electrons. The second-order valence-corrected chi connectivity index (χ2v) is 7.42. The monoisotopic (exact) mass is 327 g/mol. The largest absolute Gasteiger partial charge is 0.456 e. The van der Waals surface area contributed by atoms with Gasteiger partial charge in [0.15, 0.2) is 0 Å². The number of para-hydroxylation sites is 1. The molecule has 0 aliphatic rings. The number of hydrogen-bond donors (Lipinski definition) is 0. The summed E-state index contributed by atoms with van der Waals surface area (Å²) in [5.74, 6) is 0. The summed E-state index contributed by atoms with van der Waals surface area (Å²) in [5, 5.41) is 2.24. The molecule has 2 heterocycles. The highest BCUT2D eigenvalue weighted by Crippen LogP contribution is 2.35. The van der Waals surface area contributed by atoms with Crippen LogP contribution in [-0.2, 0) is 5.41 Å². The van der Waals surface area contributed by atoms with Crippen LogP contribution in [0.15, 0.2) is 65.7 Å². The molecule has 0 aliphatic heterocycles. The minimum Gasteiger partial charge on any atom is -0.456 e. The average Bonchev–Trinajstić information content (AvgIpc) is 2.97. The molecule has 0 radical (unpaired) electrons. The quantitative estimate of drug-likeness (QED) is 0.415. The third-order valence-corrected chi connectivity index (χ3v) is 4.67. The zero-order valence-electron chi connectivity index (χ0n) is 14.8. The van der Waals surface area contributed by atoms with Crippen LogP contribution < -0.4 is 0 Å². The van der Waals surface area contributed by atoms with E-state index in [-0.39, 0.29) is 5.41 Å². The van der Waals surface area contributed by atoms with E-state index in [1.807, 2.05) is 30.5 Å². The summed E-state index contributed by atoms with van der Waals surface area (Å²) in [4.78, 5) is 4.62. The highest BCUT2D eigenvalue weighted by atomic mass is 16.3. The van der Waals surface area contributed by atoms with Crippen LogP contribution in [0.3, 0.4) is 0 Å². The van der Waals surface area contributed by atoms with Gasteiger partial charge >= 0.3 is 0 Å². The van der Waals surface area contributed by atoms with E-state index in [1.165, 1.54) is 5.56 Å². The molecule has 4 aromatic rings. The second kappa shape index (κ2) is 5.59. The predicted octanol–water partition coefficient (Wildman–Crippen LogP) is 6.59. The van der Waals surface area contributed by atoms with Crippen LogP contribution in [0.2, 0.25) is 0 Å². The van der Waals surface area contributed by atoms with Crippen LogP contribution >= 0.6 is 0 Å². The van der Waals surface area contributed by atoms with Gasteiger partial charge in [0, 0.05) is 22.5 Å². The molecule has 2 aromatic heterocycles. The molecule has 0 N–H and O–H groups in total. The van der Waals surface area contributed by atoms with Crippen molar-refractivity contribution in [1.29, 1.82) is 0 Å². The van der Waals surface area contributed by atoms with Crippen LogP contribution in [0, 0.1) is 0 Å². The van der Waals surface area contributed by atoms with Crippen molar-refractivity contribution < 1.29 is 4.42 Å².